The molecular weight excluding hydrogens is 431 g/mol. The van der Waals surface area contributed by atoms with Gasteiger partial charge in [0.05, 0.1) is 9.79 Å². The number of benzene rings is 2. The Labute approximate surface area is 174 Å². The van der Waals surface area contributed by atoms with E-state index in [-0.39, 0.29) is 27.0 Å². The van der Waals surface area contributed by atoms with E-state index >= 15 is 0 Å². The molecule has 0 bridgehead atoms. The van der Waals surface area contributed by atoms with Crippen LogP contribution in [0.4, 0.5) is 16.0 Å². The van der Waals surface area contributed by atoms with Gasteiger partial charge in [0.25, 0.3) is 20.0 Å². The van der Waals surface area contributed by atoms with Gasteiger partial charge in [0, 0.05) is 17.1 Å². The third-order valence-electron chi connectivity index (χ3n) is 4.05. The number of sulfonamides is 2. The van der Waals surface area contributed by atoms with Crippen LogP contribution in [0.25, 0.3) is 0 Å². The number of halogens is 1. The molecule has 158 valence electrons. The normalized spacial score (nSPS) is 11.9. The first-order chi connectivity index (χ1) is 14.0. The highest BCUT2D eigenvalue weighted by molar-refractivity contribution is 7.93. The summed E-state index contributed by atoms with van der Waals surface area (Å²) in [6, 6.07) is 10.2. The Hall–Kier alpha value is -3.05. The molecule has 0 spiro atoms. The minimum absolute atomic E-state index is 0.0518. The molecule has 0 aliphatic carbocycles. The summed E-state index contributed by atoms with van der Waals surface area (Å²) in [5.41, 5.74) is 1.63. The van der Waals surface area contributed by atoms with Crippen molar-refractivity contribution in [3.8, 4) is 0 Å². The first-order valence-corrected chi connectivity index (χ1v) is 11.7. The van der Waals surface area contributed by atoms with Gasteiger partial charge < -0.3 is 0 Å². The first-order valence-electron chi connectivity index (χ1n) is 8.70. The van der Waals surface area contributed by atoms with Crippen LogP contribution >= 0.6 is 0 Å². The van der Waals surface area contributed by atoms with Crippen LogP contribution in [-0.4, -0.2) is 26.8 Å². The molecule has 2 N–H and O–H groups in total. The van der Waals surface area contributed by atoms with E-state index in [0.717, 1.165) is 12.1 Å². The van der Waals surface area contributed by atoms with Crippen LogP contribution in [0.3, 0.4) is 0 Å². The molecule has 0 atom stereocenters. The van der Waals surface area contributed by atoms with Crippen LogP contribution in [-0.2, 0) is 20.0 Å². The van der Waals surface area contributed by atoms with Crippen molar-refractivity contribution in [1.82, 2.24) is 9.97 Å². The number of rotatable bonds is 6. The number of hydrogen-bond donors (Lipinski definition) is 2. The lowest BCUT2D eigenvalue weighted by molar-refractivity contribution is 0.598. The molecule has 0 saturated carbocycles. The Morgan fingerprint density at radius 2 is 1.37 bits per heavy atom. The predicted molar refractivity (Wildman–Crippen MR) is 111 cm³/mol. The van der Waals surface area contributed by atoms with Crippen molar-refractivity contribution in [2.45, 2.75) is 30.6 Å². The van der Waals surface area contributed by atoms with Crippen molar-refractivity contribution >= 4 is 31.7 Å². The summed E-state index contributed by atoms with van der Waals surface area (Å²) in [6.45, 7) is 4.92. The third-order valence-corrected chi connectivity index (χ3v) is 6.94. The highest BCUT2D eigenvalue weighted by Crippen LogP contribution is 2.22. The van der Waals surface area contributed by atoms with Crippen molar-refractivity contribution in [2.24, 2.45) is 0 Å². The van der Waals surface area contributed by atoms with Crippen molar-refractivity contribution in [2.75, 3.05) is 9.44 Å². The average Bonchev–Trinajstić information content (AvgIpc) is 2.60. The largest absolute Gasteiger partial charge is 0.280 e. The summed E-state index contributed by atoms with van der Waals surface area (Å²) in [4.78, 5) is 7.91. The fraction of sp³-hybridized carbons (Fsp3) is 0.158. The zero-order valence-electron chi connectivity index (χ0n) is 16.3. The lowest BCUT2D eigenvalue weighted by Crippen LogP contribution is -2.16. The summed E-state index contributed by atoms with van der Waals surface area (Å²) >= 11 is 0. The molecule has 3 aromatic rings. The van der Waals surface area contributed by atoms with E-state index in [1.165, 1.54) is 37.3 Å². The Morgan fingerprint density at radius 3 is 1.93 bits per heavy atom. The Morgan fingerprint density at radius 1 is 0.767 bits per heavy atom. The molecule has 0 saturated heterocycles. The summed E-state index contributed by atoms with van der Waals surface area (Å²) < 4.78 is 68.1. The second-order valence-corrected chi connectivity index (χ2v) is 9.95. The maximum atomic E-state index is 13.2. The zero-order valence-corrected chi connectivity index (χ0v) is 18.0. The molecule has 0 amide bonds. The fourth-order valence-electron chi connectivity index (χ4n) is 2.78. The Bertz CT molecular complexity index is 1290. The van der Waals surface area contributed by atoms with E-state index in [4.69, 9.17) is 0 Å². The quantitative estimate of drug-likeness (QED) is 0.596. The van der Waals surface area contributed by atoms with Gasteiger partial charge in [-0.05, 0) is 74.9 Å². The maximum Gasteiger partial charge on any atom is 0.264 e. The molecule has 0 radical (unpaired) electrons. The lowest BCUT2D eigenvalue weighted by Gasteiger charge is -2.11. The summed E-state index contributed by atoms with van der Waals surface area (Å²) in [6.07, 6.45) is 0. The van der Waals surface area contributed by atoms with Gasteiger partial charge in [-0.15, -0.1) is 0 Å². The number of aryl methyl sites for hydroxylation is 3. The molecule has 1 heterocycles. The summed E-state index contributed by atoms with van der Waals surface area (Å²) in [7, 11) is -7.93. The number of nitrogens with one attached hydrogen (secondary N) is 2. The van der Waals surface area contributed by atoms with E-state index < -0.39 is 25.9 Å². The van der Waals surface area contributed by atoms with E-state index in [1.54, 1.807) is 19.9 Å². The van der Waals surface area contributed by atoms with Gasteiger partial charge in [-0.3, -0.25) is 4.72 Å². The third kappa shape index (κ3) is 4.92. The Balaban J connectivity index is 1.81. The standard InChI is InChI=1S/C19H19FN4O4S2/c1-12-10-15(20)4-9-18(12)30(27,28)23-16-5-7-17(8-6-16)29(25,26)24-19-21-13(2)11-14(3)22-19/h4-11,23H,1-3H3,(H,21,22,24). The molecule has 8 nitrogen and oxygen atoms in total. The molecule has 1 aromatic heterocycles. The minimum Gasteiger partial charge on any atom is -0.280 e. The molecule has 11 heteroatoms. The molecule has 2 aromatic carbocycles. The van der Waals surface area contributed by atoms with E-state index in [2.05, 4.69) is 19.4 Å². The van der Waals surface area contributed by atoms with Crippen LogP contribution in [0.2, 0.25) is 0 Å². The molecule has 0 aliphatic rings. The van der Waals surface area contributed by atoms with Crippen LogP contribution in [0.15, 0.2) is 58.3 Å². The maximum absolute atomic E-state index is 13.2. The second kappa shape index (κ2) is 8.00. The van der Waals surface area contributed by atoms with Crippen molar-refractivity contribution in [3.05, 3.63) is 71.3 Å². The summed E-state index contributed by atoms with van der Waals surface area (Å²) in [5.74, 6) is -0.592. The second-order valence-electron chi connectivity index (χ2n) is 6.62. The van der Waals surface area contributed by atoms with E-state index in [0.29, 0.717) is 11.4 Å². The van der Waals surface area contributed by atoms with Crippen molar-refractivity contribution in [3.63, 3.8) is 0 Å². The smallest absolute Gasteiger partial charge is 0.264 e. The van der Waals surface area contributed by atoms with E-state index in [9.17, 15) is 21.2 Å². The van der Waals surface area contributed by atoms with Gasteiger partial charge in [-0.2, -0.15) is 0 Å². The van der Waals surface area contributed by atoms with Crippen molar-refractivity contribution in [1.29, 1.82) is 0 Å². The number of aromatic nitrogens is 2. The molecule has 3 rings (SSSR count). The minimum atomic E-state index is -3.97. The highest BCUT2D eigenvalue weighted by Gasteiger charge is 2.19. The molecule has 0 unspecified atom stereocenters. The fourth-order valence-corrected chi connectivity index (χ4v) is 5.01. The number of hydrogen-bond acceptors (Lipinski definition) is 6. The SMILES string of the molecule is Cc1cc(C)nc(NS(=O)(=O)c2ccc(NS(=O)(=O)c3ccc(F)cc3C)cc2)n1. The van der Waals surface area contributed by atoms with Gasteiger partial charge in [-0.1, -0.05) is 0 Å². The number of nitrogens with zero attached hydrogens (tertiary/aromatic N) is 2. The first kappa shape index (κ1) is 21.7. The summed E-state index contributed by atoms with van der Waals surface area (Å²) in [5, 5.41) is 0. The van der Waals surface area contributed by atoms with Gasteiger partial charge in [0.1, 0.15) is 5.82 Å². The molecule has 0 aliphatic heterocycles. The number of anilines is 2. The predicted octanol–water partition coefficient (Wildman–Crippen LogP) is 3.14. The zero-order chi connectivity index (χ0) is 22.1. The highest BCUT2D eigenvalue weighted by atomic mass is 32.2. The van der Waals surface area contributed by atoms with Crippen LogP contribution in [0.1, 0.15) is 17.0 Å². The van der Waals surface area contributed by atoms with Gasteiger partial charge in [-0.25, -0.2) is 35.9 Å². The van der Waals surface area contributed by atoms with Gasteiger partial charge in [0.2, 0.25) is 5.95 Å². The van der Waals surface area contributed by atoms with Gasteiger partial charge in [0.15, 0.2) is 0 Å². The van der Waals surface area contributed by atoms with Crippen LogP contribution in [0, 0.1) is 26.6 Å². The topological polar surface area (TPSA) is 118 Å². The van der Waals surface area contributed by atoms with Gasteiger partial charge >= 0.3 is 0 Å². The molecule has 0 fully saturated rings. The monoisotopic (exact) mass is 450 g/mol. The van der Waals surface area contributed by atoms with Crippen LogP contribution < -0.4 is 9.44 Å². The molecule has 30 heavy (non-hydrogen) atoms. The molecular formula is C19H19FN4O4S2. The van der Waals surface area contributed by atoms with Crippen LogP contribution in [0.5, 0.6) is 0 Å². The average molecular weight is 451 g/mol. The lowest BCUT2D eigenvalue weighted by atomic mass is 10.2. The Kier molecular flexibility index (Phi) is 5.77. The van der Waals surface area contributed by atoms with E-state index in [1.807, 2.05) is 0 Å². The van der Waals surface area contributed by atoms with Crippen molar-refractivity contribution < 1.29 is 21.2 Å².